The van der Waals surface area contributed by atoms with Crippen molar-refractivity contribution in [3.63, 3.8) is 0 Å². The molecule has 2 heterocycles. The number of ether oxygens (including phenoxy) is 1. The molecule has 2 amide bonds. The van der Waals surface area contributed by atoms with Gasteiger partial charge in [-0.1, -0.05) is 66.7 Å². The summed E-state index contributed by atoms with van der Waals surface area (Å²) in [4.78, 5) is 34.9. The zero-order valence-corrected chi connectivity index (χ0v) is 18.5. The second-order valence-electron chi connectivity index (χ2n) is 8.44. The molecule has 0 saturated carbocycles. The van der Waals surface area contributed by atoms with Gasteiger partial charge in [0.2, 0.25) is 5.91 Å². The summed E-state index contributed by atoms with van der Waals surface area (Å²) in [5.74, 6) is -0.760. The first-order valence-electron chi connectivity index (χ1n) is 11.2. The minimum Gasteiger partial charge on any atom is -0.497 e. The Morgan fingerprint density at radius 3 is 2.29 bits per heavy atom. The highest BCUT2D eigenvalue weighted by Crippen LogP contribution is 2.49. The summed E-state index contributed by atoms with van der Waals surface area (Å²) >= 11 is 0. The van der Waals surface area contributed by atoms with Crippen LogP contribution in [-0.4, -0.2) is 25.0 Å². The number of methoxy groups -OCH3 is 1. The molecule has 0 aromatic heterocycles. The minimum atomic E-state index is -0.914. The van der Waals surface area contributed by atoms with Crippen LogP contribution in [0.2, 0.25) is 0 Å². The van der Waals surface area contributed by atoms with E-state index in [0.29, 0.717) is 11.4 Å². The lowest BCUT2D eigenvalue weighted by Crippen LogP contribution is -2.37. The van der Waals surface area contributed by atoms with E-state index in [9.17, 15) is 9.59 Å². The molecule has 168 valence electrons. The quantitative estimate of drug-likeness (QED) is 0.414. The van der Waals surface area contributed by atoms with Crippen LogP contribution < -0.4 is 14.7 Å². The van der Waals surface area contributed by atoms with E-state index in [2.05, 4.69) is 0 Å². The van der Waals surface area contributed by atoms with Crippen molar-refractivity contribution in [1.82, 2.24) is 0 Å². The summed E-state index contributed by atoms with van der Waals surface area (Å²) in [7, 11) is 1.55. The molecule has 2 saturated heterocycles. The Kier molecular flexibility index (Phi) is 4.81. The van der Waals surface area contributed by atoms with E-state index in [1.807, 2.05) is 72.8 Å². The monoisotopic (exact) mass is 450 g/mol. The first kappa shape index (κ1) is 20.4. The van der Waals surface area contributed by atoms with Crippen molar-refractivity contribution in [1.29, 1.82) is 0 Å². The number of benzene rings is 4. The lowest BCUT2D eigenvalue weighted by Gasteiger charge is -2.29. The molecule has 4 aromatic rings. The van der Waals surface area contributed by atoms with Gasteiger partial charge in [-0.3, -0.25) is 14.4 Å². The standard InChI is InChI=1S/C28H22N2O4/c1-33-21-14-8-13-20(17-21)29-27(31)24-25(23-16-7-10-18-9-5-6-15-22(18)23)30(34-26(24)28(29)32)19-11-3-2-4-12-19/h2-17,24-26H,1H3/t24-,25+,26-/m0/s1. The van der Waals surface area contributed by atoms with Crippen molar-refractivity contribution < 1.29 is 19.2 Å². The van der Waals surface area contributed by atoms with E-state index in [0.717, 1.165) is 22.0 Å². The van der Waals surface area contributed by atoms with Crippen molar-refractivity contribution in [2.75, 3.05) is 17.1 Å². The molecule has 0 unspecified atom stereocenters. The molecule has 6 nitrogen and oxygen atoms in total. The lowest BCUT2D eigenvalue weighted by molar-refractivity contribution is -0.126. The highest BCUT2D eigenvalue weighted by molar-refractivity contribution is 6.24. The number of hydrogen-bond acceptors (Lipinski definition) is 5. The summed E-state index contributed by atoms with van der Waals surface area (Å²) < 4.78 is 5.30. The van der Waals surface area contributed by atoms with Gasteiger partial charge in [0.05, 0.1) is 24.5 Å². The van der Waals surface area contributed by atoms with Gasteiger partial charge in [0.1, 0.15) is 11.7 Å². The molecule has 6 heteroatoms. The Labute approximate surface area is 196 Å². The van der Waals surface area contributed by atoms with E-state index in [-0.39, 0.29) is 11.8 Å². The zero-order chi connectivity index (χ0) is 23.2. The molecular formula is C28H22N2O4. The van der Waals surface area contributed by atoms with E-state index < -0.39 is 18.1 Å². The molecule has 0 bridgehead atoms. The van der Waals surface area contributed by atoms with Gasteiger partial charge in [0.25, 0.3) is 5.91 Å². The maximum atomic E-state index is 13.9. The van der Waals surface area contributed by atoms with Gasteiger partial charge in [-0.25, -0.2) is 9.96 Å². The van der Waals surface area contributed by atoms with Crippen LogP contribution in [0.1, 0.15) is 11.6 Å². The Balaban J connectivity index is 1.50. The highest BCUT2D eigenvalue weighted by atomic mass is 16.7. The third-order valence-corrected chi connectivity index (χ3v) is 6.58. The third-order valence-electron chi connectivity index (χ3n) is 6.58. The molecule has 4 aromatic carbocycles. The Morgan fingerprint density at radius 1 is 0.765 bits per heavy atom. The predicted molar refractivity (Wildman–Crippen MR) is 129 cm³/mol. The van der Waals surface area contributed by atoms with Crippen LogP contribution in [0.3, 0.4) is 0 Å². The number of amides is 2. The van der Waals surface area contributed by atoms with Crippen LogP contribution in [0, 0.1) is 5.92 Å². The average molecular weight is 450 g/mol. The number of carbonyl (C=O) groups excluding carboxylic acids is 2. The number of imide groups is 1. The molecule has 0 spiro atoms. The Morgan fingerprint density at radius 2 is 1.47 bits per heavy atom. The Bertz CT molecular complexity index is 1400. The second-order valence-corrected chi connectivity index (χ2v) is 8.44. The molecule has 2 fully saturated rings. The molecular weight excluding hydrogens is 428 g/mol. The maximum Gasteiger partial charge on any atom is 0.266 e. The van der Waals surface area contributed by atoms with Gasteiger partial charge < -0.3 is 4.74 Å². The molecule has 2 aliphatic heterocycles. The fraction of sp³-hybridized carbons (Fsp3) is 0.143. The van der Waals surface area contributed by atoms with Crippen LogP contribution in [-0.2, 0) is 14.4 Å². The molecule has 0 N–H and O–H groups in total. The number of hydroxylamine groups is 1. The van der Waals surface area contributed by atoms with E-state index >= 15 is 0 Å². The molecule has 34 heavy (non-hydrogen) atoms. The van der Waals surface area contributed by atoms with Gasteiger partial charge >= 0.3 is 0 Å². The van der Waals surface area contributed by atoms with Crippen LogP contribution in [0.5, 0.6) is 5.75 Å². The number of nitrogens with zero attached hydrogens (tertiary/aromatic N) is 2. The molecule has 0 radical (unpaired) electrons. The lowest BCUT2D eigenvalue weighted by atomic mass is 9.87. The fourth-order valence-corrected chi connectivity index (χ4v) is 5.04. The van der Waals surface area contributed by atoms with Gasteiger partial charge in [0, 0.05) is 6.07 Å². The first-order chi connectivity index (χ1) is 16.7. The van der Waals surface area contributed by atoms with Crippen molar-refractivity contribution >= 4 is 34.0 Å². The van der Waals surface area contributed by atoms with E-state index in [1.165, 1.54) is 4.90 Å². The smallest absolute Gasteiger partial charge is 0.266 e. The topological polar surface area (TPSA) is 59.1 Å². The minimum absolute atomic E-state index is 0.278. The van der Waals surface area contributed by atoms with E-state index in [4.69, 9.17) is 9.57 Å². The van der Waals surface area contributed by atoms with Crippen molar-refractivity contribution in [2.45, 2.75) is 12.1 Å². The summed E-state index contributed by atoms with van der Waals surface area (Å²) in [6, 6.07) is 30.2. The summed E-state index contributed by atoms with van der Waals surface area (Å²) in [6.45, 7) is 0. The van der Waals surface area contributed by atoms with Crippen LogP contribution in [0.4, 0.5) is 11.4 Å². The summed E-state index contributed by atoms with van der Waals surface area (Å²) in [5, 5.41) is 3.83. The Hall–Kier alpha value is -4.16. The number of carbonyl (C=O) groups is 2. The summed E-state index contributed by atoms with van der Waals surface area (Å²) in [6.07, 6.45) is -0.914. The van der Waals surface area contributed by atoms with E-state index in [1.54, 1.807) is 36.4 Å². The normalized spacial score (nSPS) is 21.9. The zero-order valence-electron chi connectivity index (χ0n) is 18.5. The number of rotatable bonds is 4. The molecule has 6 rings (SSSR count). The van der Waals surface area contributed by atoms with Gasteiger partial charge in [-0.2, -0.15) is 0 Å². The number of anilines is 2. The SMILES string of the molecule is COc1cccc(N2C(=O)[C@@H]3[C@H](ON(c4ccccc4)[C@@H]3c3cccc4ccccc34)C2=O)c1. The van der Waals surface area contributed by atoms with Gasteiger partial charge in [-0.15, -0.1) is 0 Å². The maximum absolute atomic E-state index is 13.9. The van der Waals surface area contributed by atoms with Crippen molar-refractivity contribution in [3.05, 3.63) is 103 Å². The highest BCUT2D eigenvalue weighted by Gasteiger charge is 2.60. The predicted octanol–water partition coefficient (Wildman–Crippen LogP) is 4.90. The third kappa shape index (κ3) is 3.07. The van der Waals surface area contributed by atoms with Crippen LogP contribution >= 0.6 is 0 Å². The number of hydrogen-bond donors (Lipinski definition) is 0. The van der Waals surface area contributed by atoms with Crippen molar-refractivity contribution in [2.24, 2.45) is 5.92 Å². The van der Waals surface area contributed by atoms with Crippen molar-refractivity contribution in [3.8, 4) is 5.75 Å². The number of fused-ring (bicyclic) bond motifs is 2. The largest absolute Gasteiger partial charge is 0.497 e. The molecule has 3 atom stereocenters. The summed E-state index contributed by atoms with van der Waals surface area (Å²) in [5.41, 5.74) is 2.22. The van der Waals surface area contributed by atoms with Gasteiger partial charge in [-0.05, 0) is 40.6 Å². The molecule has 0 aliphatic carbocycles. The average Bonchev–Trinajstić information content (AvgIpc) is 3.40. The fourth-order valence-electron chi connectivity index (χ4n) is 5.04. The van der Waals surface area contributed by atoms with Gasteiger partial charge in [0.15, 0.2) is 6.10 Å². The molecule has 2 aliphatic rings. The number of para-hydroxylation sites is 1. The second kappa shape index (κ2) is 8.01. The first-order valence-corrected chi connectivity index (χ1v) is 11.2. The van der Waals surface area contributed by atoms with Crippen LogP contribution in [0.25, 0.3) is 10.8 Å². The van der Waals surface area contributed by atoms with Crippen LogP contribution in [0.15, 0.2) is 97.1 Å².